The first-order valence-corrected chi connectivity index (χ1v) is 19.7. The number of nitrogens with one attached hydrogen (secondary N) is 2. The van der Waals surface area contributed by atoms with Crippen LogP contribution in [-0.2, 0) is 29.2 Å². The minimum absolute atomic E-state index is 0.0391. The smallest absolute Gasteiger partial charge is 0.315 e. The molecule has 1 aliphatic carbocycles. The van der Waals surface area contributed by atoms with Crippen LogP contribution < -0.4 is 10.6 Å². The highest BCUT2D eigenvalue weighted by atomic mass is 32.2. The number of ketones is 3. The molecule has 3 aliphatic rings. The molecule has 2 heterocycles. The lowest BCUT2D eigenvalue weighted by Crippen LogP contribution is -2.61. The van der Waals surface area contributed by atoms with Gasteiger partial charge in [-0.05, 0) is 53.1 Å². The average molecular weight is 741 g/mol. The molecule has 2 fully saturated rings. The van der Waals surface area contributed by atoms with Gasteiger partial charge in [-0.1, -0.05) is 86.9 Å². The number of rotatable bonds is 15. The number of benzene rings is 1. The van der Waals surface area contributed by atoms with E-state index in [-0.39, 0.29) is 52.9 Å². The maximum absolute atomic E-state index is 14.5. The third-order valence-electron chi connectivity index (χ3n) is 11.1. The largest absolute Gasteiger partial charge is 0.333 e. The summed E-state index contributed by atoms with van der Waals surface area (Å²) in [5, 5.41) is 5.66. The van der Waals surface area contributed by atoms with Crippen LogP contribution in [0.25, 0.3) is 0 Å². The molecule has 1 unspecified atom stereocenters. The Morgan fingerprint density at radius 1 is 1.02 bits per heavy atom. The highest BCUT2D eigenvalue weighted by Gasteiger charge is 2.69. The first-order chi connectivity index (χ1) is 24.0. The van der Waals surface area contributed by atoms with E-state index in [4.69, 9.17) is 0 Å². The number of allylic oxidation sites excluding steroid dienone is 1. The molecule has 0 radical (unpaired) electrons. The second-order valence-corrected chi connectivity index (χ2v) is 19.2. The second-order valence-electron chi connectivity index (χ2n) is 17.3. The van der Waals surface area contributed by atoms with E-state index in [1.807, 2.05) is 27.7 Å². The van der Waals surface area contributed by atoms with E-state index in [1.165, 1.54) is 12.1 Å². The predicted molar refractivity (Wildman–Crippen MR) is 197 cm³/mol. The van der Waals surface area contributed by atoms with E-state index in [0.717, 1.165) is 4.31 Å². The van der Waals surface area contributed by atoms with E-state index in [0.29, 0.717) is 25.8 Å². The Morgan fingerprint density at radius 2 is 1.65 bits per heavy atom. The summed E-state index contributed by atoms with van der Waals surface area (Å²) in [6, 6.07) is 2.50. The minimum Gasteiger partial charge on any atom is -0.333 e. The normalized spacial score (nSPS) is 23.2. The Morgan fingerprint density at radius 3 is 2.21 bits per heavy atom. The number of nitrogens with zero attached hydrogens (tertiary/aromatic N) is 2. The number of piperidine rings is 1. The maximum atomic E-state index is 14.5. The molecule has 1 saturated heterocycles. The molecule has 52 heavy (non-hydrogen) atoms. The van der Waals surface area contributed by atoms with Gasteiger partial charge in [-0.25, -0.2) is 17.5 Å². The Labute approximate surface area is 308 Å². The van der Waals surface area contributed by atoms with Crippen molar-refractivity contribution in [3.63, 3.8) is 0 Å². The lowest BCUT2D eigenvalue weighted by Gasteiger charge is -2.39. The first-order valence-electron chi connectivity index (χ1n) is 18.2. The van der Waals surface area contributed by atoms with Crippen LogP contribution in [0.15, 0.2) is 41.8 Å². The van der Waals surface area contributed by atoms with Crippen LogP contribution in [0.2, 0.25) is 0 Å². The molecule has 0 spiro atoms. The molecule has 0 bridgehead atoms. The summed E-state index contributed by atoms with van der Waals surface area (Å²) in [4.78, 5) is 82.8. The fourth-order valence-electron chi connectivity index (χ4n) is 7.76. The lowest BCUT2D eigenvalue weighted by molar-refractivity contribution is -0.144. The lowest BCUT2D eigenvalue weighted by atomic mass is 9.83. The zero-order chi connectivity index (χ0) is 39.1. The summed E-state index contributed by atoms with van der Waals surface area (Å²) in [6.07, 6.45) is 2.81. The highest BCUT2D eigenvalue weighted by molar-refractivity contribution is 7.90. The molecular weight excluding hydrogens is 685 g/mol. The molecule has 0 aromatic heterocycles. The van der Waals surface area contributed by atoms with Crippen LogP contribution in [0.3, 0.4) is 0 Å². The van der Waals surface area contributed by atoms with Gasteiger partial charge in [0.05, 0.1) is 24.2 Å². The number of carbonyl (C=O) groups is 6. The van der Waals surface area contributed by atoms with Crippen LogP contribution in [0, 0.1) is 34.0 Å². The molecule has 4 amide bonds. The summed E-state index contributed by atoms with van der Waals surface area (Å²) >= 11 is 0. The van der Waals surface area contributed by atoms with Crippen molar-refractivity contribution >= 4 is 45.2 Å². The van der Waals surface area contributed by atoms with Crippen LogP contribution in [0.5, 0.6) is 0 Å². The van der Waals surface area contributed by atoms with Crippen molar-refractivity contribution in [3.05, 3.63) is 42.5 Å². The number of fused-ring (bicyclic) bond motifs is 2. The van der Waals surface area contributed by atoms with Gasteiger partial charge < -0.3 is 15.5 Å². The molecule has 1 aromatic carbocycles. The molecule has 4 rings (SSSR count). The van der Waals surface area contributed by atoms with Gasteiger partial charge in [0.2, 0.25) is 11.7 Å². The maximum Gasteiger partial charge on any atom is 0.315 e. The quantitative estimate of drug-likeness (QED) is 0.189. The number of urea groups is 1. The van der Waals surface area contributed by atoms with E-state index >= 15 is 0 Å². The Kier molecular flexibility index (Phi) is 11.7. The van der Waals surface area contributed by atoms with Gasteiger partial charge in [-0.15, -0.1) is 6.58 Å². The fourth-order valence-corrected chi connectivity index (χ4v) is 9.35. The standard InChI is InChI=1S/C39H56N4O8S/c1-11-13-18-26(44)32(46)23(16-12-2)20-27(45)31-30-25(39(30,9)10)21-42(31)35(48)33(38(6,7)8)41-36(49)40-29(37(3,4)5)22-43-34(47)24-17-14-15-19-28(24)52(43,50)51/h11,14-15,17,19,23,25,29-31,33H,1,12-13,16,18,20-22H2,2-10H3,(H2,40,41,49)/t23?,25-,29+,30-,31+,33+/m0/s1. The van der Waals surface area contributed by atoms with Crippen molar-refractivity contribution in [3.8, 4) is 0 Å². The monoisotopic (exact) mass is 740 g/mol. The molecule has 6 atom stereocenters. The van der Waals surface area contributed by atoms with Gasteiger partial charge >= 0.3 is 6.03 Å². The van der Waals surface area contributed by atoms with Crippen molar-refractivity contribution in [1.82, 2.24) is 19.8 Å². The van der Waals surface area contributed by atoms with Crippen molar-refractivity contribution in [1.29, 1.82) is 0 Å². The van der Waals surface area contributed by atoms with Gasteiger partial charge in [0.15, 0.2) is 11.6 Å². The Bertz CT molecular complexity index is 1740. The van der Waals surface area contributed by atoms with Crippen molar-refractivity contribution in [2.75, 3.05) is 13.1 Å². The molecule has 2 aliphatic heterocycles. The van der Waals surface area contributed by atoms with E-state index in [2.05, 4.69) is 31.1 Å². The fraction of sp³-hybridized carbons (Fsp3) is 0.641. The summed E-state index contributed by atoms with van der Waals surface area (Å²) in [6.45, 7) is 20.4. The Balaban J connectivity index is 1.54. The third-order valence-corrected chi connectivity index (χ3v) is 12.9. The van der Waals surface area contributed by atoms with Gasteiger partial charge in [0.25, 0.3) is 15.9 Å². The first kappa shape index (κ1) is 40.9. The van der Waals surface area contributed by atoms with E-state index < -0.39 is 74.3 Å². The molecular formula is C39H56N4O8S. The number of Topliss-reactive ketones (excluding diaryl/α,β-unsaturated/α-hetero) is 3. The molecule has 2 N–H and O–H groups in total. The zero-order valence-electron chi connectivity index (χ0n) is 32.1. The minimum atomic E-state index is -4.13. The number of sulfonamides is 1. The molecule has 286 valence electrons. The van der Waals surface area contributed by atoms with E-state index in [1.54, 1.807) is 43.9 Å². The number of carbonyl (C=O) groups excluding carboxylic acids is 6. The molecule has 12 nitrogen and oxygen atoms in total. The van der Waals surface area contributed by atoms with Gasteiger partial charge in [-0.3, -0.25) is 24.0 Å². The van der Waals surface area contributed by atoms with Crippen LogP contribution in [0.1, 0.15) is 105 Å². The summed E-state index contributed by atoms with van der Waals surface area (Å²) < 4.78 is 27.4. The highest BCUT2D eigenvalue weighted by Crippen LogP contribution is 2.65. The SMILES string of the molecule is C=CCCC(=O)C(=O)C(CCC)CC(=O)[C@@H]1[C@@H]2[C@H](CN1C(=O)[C@@H](NC(=O)N[C@H](CN1C(=O)c3ccccc3S1(=O)=O)C(C)(C)C)C(C)(C)C)C2(C)C. The van der Waals surface area contributed by atoms with Gasteiger partial charge in [0.1, 0.15) is 10.9 Å². The zero-order valence-corrected chi connectivity index (χ0v) is 32.9. The van der Waals surface area contributed by atoms with Crippen LogP contribution in [-0.4, -0.2) is 84.0 Å². The topological polar surface area (TPSA) is 167 Å². The number of hydrogen-bond donors (Lipinski definition) is 2. The third kappa shape index (κ3) is 8.04. The number of hydrogen-bond acceptors (Lipinski definition) is 8. The number of likely N-dealkylation sites (tertiary alicyclic amines) is 1. The van der Waals surface area contributed by atoms with Gasteiger partial charge in [-0.2, -0.15) is 0 Å². The van der Waals surface area contributed by atoms with Crippen molar-refractivity contribution in [2.24, 2.45) is 34.0 Å². The van der Waals surface area contributed by atoms with Gasteiger partial charge in [0, 0.05) is 25.3 Å². The summed E-state index contributed by atoms with van der Waals surface area (Å²) in [5.41, 5.74) is -1.65. The summed E-state index contributed by atoms with van der Waals surface area (Å²) in [7, 11) is -4.13. The van der Waals surface area contributed by atoms with Crippen LogP contribution in [0.4, 0.5) is 4.79 Å². The Hall–Kier alpha value is -3.87. The van der Waals surface area contributed by atoms with Crippen molar-refractivity contribution in [2.45, 2.75) is 117 Å². The summed E-state index contributed by atoms with van der Waals surface area (Å²) in [5.74, 6) is -3.31. The average Bonchev–Trinajstić information content (AvgIpc) is 3.31. The molecule has 1 saturated carbocycles. The predicted octanol–water partition coefficient (Wildman–Crippen LogP) is 4.92. The second kappa shape index (κ2) is 14.9. The number of amides is 4. The van der Waals surface area contributed by atoms with E-state index in [9.17, 15) is 37.2 Å². The molecule has 13 heteroatoms. The van der Waals surface area contributed by atoms with Crippen LogP contribution >= 0.6 is 0 Å². The van der Waals surface area contributed by atoms with Crippen molar-refractivity contribution < 1.29 is 37.2 Å². The molecule has 1 aromatic rings.